The predicted molar refractivity (Wildman–Crippen MR) is 74.1 cm³/mol. The minimum absolute atomic E-state index is 0.686. The molecule has 0 unspecified atom stereocenters. The van der Waals surface area contributed by atoms with Crippen molar-refractivity contribution in [2.45, 2.75) is 57.5 Å². The van der Waals surface area contributed by atoms with E-state index in [-0.39, 0.29) is 0 Å². The zero-order chi connectivity index (χ0) is 12.1. The first-order valence-corrected chi connectivity index (χ1v) is 7.48. The third-order valence-electron chi connectivity index (χ3n) is 3.67. The Morgan fingerprint density at radius 3 is 2.53 bits per heavy atom. The second-order valence-corrected chi connectivity index (χ2v) is 6.23. The Bertz CT molecular complexity index is 329. The maximum atomic E-state index is 5.67. The Morgan fingerprint density at radius 2 is 1.94 bits per heavy atom. The number of rotatable bonds is 3. The summed E-state index contributed by atoms with van der Waals surface area (Å²) in [6.45, 7) is 1.000. The summed E-state index contributed by atoms with van der Waals surface area (Å²) in [5.74, 6) is 0. The number of hydrogen-bond acceptors (Lipinski definition) is 4. The van der Waals surface area contributed by atoms with Crippen molar-refractivity contribution in [3.8, 4) is 0 Å². The normalized spacial score (nSPS) is 19.2. The lowest BCUT2D eigenvalue weighted by Crippen LogP contribution is -2.31. The van der Waals surface area contributed by atoms with E-state index in [1.807, 2.05) is 6.20 Å². The summed E-state index contributed by atoms with van der Waals surface area (Å²) in [5.41, 5.74) is 5.67. The van der Waals surface area contributed by atoms with Gasteiger partial charge in [0.1, 0.15) is 0 Å². The topological polar surface area (TPSA) is 42.2 Å². The van der Waals surface area contributed by atoms with Gasteiger partial charge in [-0.3, -0.25) is 4.90 Å². The van der Waals surface area contributed by atoms with Gasteiger partial charge in [0.15, 0.2) is 5.13 Å². The van der Waals surface area contributed by atoms with E-state index in [1.54, 1.807) is 11.3 Å². The van der Waals surface area contributed by atoms with Crippen molar-refractivity contribution < 1.29 is 0 Å². The van der Waals surface area contributed by atoms with Gasteiger partial charge in [-0.1, -0.05) is 32.1 Å². The van der Waals surface area contributed by atoms with Crippen LogP contribution in [0.2, 0.25) is 0 Å². The van der Waals surface area contributed by atoms with Crippen LogP contribution < -0.4 is 5.73 Å². The molecule has 0 saturated heterocycles. The largest absolute Gasteiger partial charge is 0.375 e. The first-order valence-electron chi connectivity index (χ1n) is 6.66. The van der Waals surface area contributed by atoms with Crippen molar-refractivity contribution in [3.05, 3.63) is 11.1 Å². The fourth-order valence-electron chi connectivity index (χ4n) is 2.65. The SMILES string of the molecule is CN(Cc1cnc(N)s1)C1CCCCCCC1. The molecule has 1 aliphatic carbocycles. The maximum Gasteiger partial charge on any atom is 0.180 e. The van der Waals surface area contributed by atoms with Gasteiger partial charge >= 0.3 is 0 Å². The van der Waals surface area contributed by atoms with E-state index in [0.29, 0.717) is 5.13 Å². The van der Waals surface area contributed by atoms with E-state index < -0.39 is 0 Å². The summed E-state index contributed by atoms with van der Waals surface area (Å²) in [6, 6.07) is 0.749. The van der Waals surface area contributed by atoms with Crippen LogP contribution in [-0.2, 0) is 6.54 Å². The highest BCUT2D eigenvalue weighted by Gasteiger charge is 2.16. The molecule has 0 atom stereocenters. The molecule has 0 spiro atoms. The lowest BCUT2D eigenvalue weighted by atomic mass is 9.96. The summed E-state index contributed by atoms with van der Waals surface area (Å²) in [5, 5.41) is 0.686. The summed E-state index contributed by atoms with van der Waals surface area (Å²) in [6.07, 6.45) is 11.7. The summed E-state index contributed by atoms with van der Waals surface area (Å²) in [4.78, 5) is 7.89. The highest BCUT2D eigenvalue weighted by Crippen LogP contribution is 2.23. The average Bonchev–Trinajstić information content (AvgIpc) is 2.63. The zero-order valence-corrected chi connectivity index (χ0v) is 11.5. The molecule has 1 aliphatic rings. The Balaban J connectivity index is 1.86. The van der Waals surface area contributed by atoms with Crippen molar-refractivity contribution in [2.24, 2.45) is 0 Å². The van der Waals surface area contributed by atoms with Crippen LogP contribution in [0.15, 0.2) is 6.20 Å². The van der Waals surface area contributed by atoms with Crippen molar-refractivity contribution in [2.75, 3.05) is 12.8 Å². The van der Waals surface area contributed by atoms with Crippen LogP contribution in [0, 0.1) is 0 Å². The molecule has 2 N–H and O–H groups in total. The number of nitrogens with zero attached hydrogens (tertiary/aromatic N) is 2. The molecule has 0 amide bonds. The van der Waals surface area contributed by atoms with Crippen LogP contribution in [0.4, 0.5) is 5.13 Å². The van der Waals surface area contributed by atoms with E-state index in [2.05, 4.69) is 16.9 Å². The number of hydrogen-bond donors (Lipinski definition) is 1. The predicted octanol–water partition coefficient (Wildman–Crippen LogP) is 3.27. The van der Waals surface area contributed by atoms with E-state index in [9.17, 15) is 0 Å². The third-order valence-corrected chi connectivity index (χ3v) is 4.49. The van der Waals surface area contributed by atoms with Crippen molar-refractivity contribution in [1.82, 2.24) is 9.88 Å². The number of nitrogen functional groups attached to an aromatic ring is 1. The number of anilines is 1. The molecule has 1 saturated carbocycles. The van der Waals surface area contributed by atoms with Crippen LogP contribution in [0.5, 0.6) is 0 Å². The van der Waals surface area contributed by atoms with Gasteiger partial charge in [-0.05, 0) is 19.9 Å². The molecule has 1 heterocycles. The molecule has 3 nitrogen and oxygen atoms in total. The molecule has 0 aromatic carbocycles. The van der Waals surface area contributed by atoms with Crippen LogP contribution >= 0.6 is 11.3 Å². The summed E-state index contributed by atoms with van der Waals surface area (Å²) in [7, 11) is 2.24. The highest BCUT2D eigenvalue weighted by atomic mass is 32.1. The molecule has 1 aromatic rings. The van der Waals surface area contributed by atoms with Crippen molar-refractivity contribution in [1.29, 1.82) is 0 Å². The number of nitrogens with two attached hydrogens (primary N) is 1. The van der Waals surface area contributed by atoms with E-state index in [0.717, 1.165) is 12.6 Å². The Kier molecular flexibility index (Phi) is 4.80. The van der Waals surface area contributed by atoms with E-state index >= 15 is 0 Å². The third kappa shape index (κ3) is 3.96. The molecule has 2 rings (SSSR count). The lowest BCUT2D eigenvalue weighted by Gasteiger charge is -2.29. The lowest BCUT2D eigenvalue weighted by molar-refractivity contribution is 0.197. The molecule has 1 aromatic heterocycles. The van der Waals surface area contributed by atoms with Gasteiger partial charge < -0.3 is 5.73 Å². The minimum atomic E-state index is 0.686. The van der Waals surface area contributed by atoms with Crippen molar-refractivity contribution in [3.63, 3.8) is 0 Å². The van der Waals surface area contributed by atoms with Gasteiger partial charge in [0.05, 0.1) is 0 Å². The van der Waals surface area contributed by atoms with Gasteiger partial charge in [0.2, 0.25) is 0 Å². The average molecular weight is 253 g/mol. The fraction of sp³-hybridized carbons (Fsp3) is 0.769. The van der Waals surface area contributed by atoms with Gasteiger partial charge in [0.25, 0.3) is 0 Å². The molecule has 0 aliphatic heterocycles. The van der Waals surface area contributed by atoms with Crippen molar-refractivity contribution >= 4 is 16.5 Å². The highest BCUT2D eigenvalue weighted by molar-refractivity contribution is 7.15. The smallest absolute Gasteiger partial charge is 0.180 e. The second-order valence-electron chi connectivity index (χ2n) is 5.08. The van der Waals surface area contributed by atoms with E-state index in [1.165, 1.54) is 49.8 Å². The standard InChI is InChI=1S/C13H23N3S/c1-16(10-12-9-15-13(14)17-12)11-7-5-3-2-4-6-8-11/h9,11H,2-8,10H2,1H3,(H2,14,15). The van der Waals surface area contributed by atoms with Crippen LogP contribution in [0.25, 0.3) is 0 Å². The Morgan fingerprint density at radius 1 is 1.29 bits per heavy atom. The maximum absolute atomic E-state index is 5.67. The van der Waals surface area contributed by atoms with Gasteiger partial charge in [-0.15, -0.1) is 11.3 Å². The Labute approximate surface area is 108 Å². The van der Waals surface area contributed by atoms with Gasteiger partial charge in [-0.25, -0.2) is 4.98 Å². The summed E-state index contributed by atoms with van der Waals surface area (Å²) >= 11 is 1.61. The molecule has 17 heavy (non-hydrogen) atoms. The monoisotopic (exact) mass is 253 g/mol. The van der Waals surface area contributed by atoms with Gasteiger partial charge in [-0.2, -0.15) is 0 Å². The van der Waals surface area contributed by atoms with E-state index in [4.69, 9.17) is 5.73 Å². The first-order chi connectivity index (χ1) is 8.25. The first kappa shape index (κ1) is 12.8. The Hall–Kier alpha value is -0.610. The van der Waals surface area contributed by atoms with Gasteiger partial charge in [0, 0.05) is 23.7 Å². The molecule has 0 bridgehead atoms. The number of aromatic nitrogens is 1. The minimum Gasteiger partial charge on any atom is -0.375 e. The molecule has 4 heteroatoms. The molecule has 96 valence electrons. The fourth-order valence-corrected chi connectivity index (χ4v) is 3.39. The van der Waals surface area contributed by atoms with Crippen LogP contribution in [0.3, 0.4) is 0 Å². The summed E-state index contributed by atoms with van der Waals surface area (Å²) < 4.78 is 0. The quantitative estimate of drug-likeness (QED) is 0.899. The second kappa shape index (κ2) is 6.36. The van der Waals surface area contributed by atoms with Crippen LogP contribution in [0.1, 0.15) is 49.8 Å². The molecule has 0 radical (unpaired) electrons. The molecule has 1 fully saturated rings. The van der Waals surface area contributed by atoms with Crippen LogP contribution in [-0.4, -0.2) is 23.0 Å². The zero-order valence-electron chi connectivity index (χ0n) is 10.7. The molecular formula is C13H23N3S. The molecular weight excluding hydrogens is 230 g/mol. The number of thiazole rings is 1.